The Morgan fingerprint density at radius 3 is 2.29 bits per heavy atom. The monoisotopic (exact) mass is 498 g/mol. The van der Waals surface area contributed by atoms with E-state index in [0.717, 1.165) is 16.0 Å². The molecule has 0 fully saturated rings. The summed E-state index contributed by atoms with van der Waals surface area (Å²) in [5, 5.41) is 15.2. The molecule has 0 bridgehead atoms. The number of nitrogens with zero attached hydrogens (tertiary/aromatic N) is 2. The standard InChI is InChI=1S/C26H31ClN4O4/c1-16-10-7-8-12-19(16)22(23(32)30-21-17(2)11-9-13-20(21)27)31(15-14-28)24(33)18(3)29-25(34)35-26(4,5)6/h7-13,18,22H,15H2,1-6H3,(H,29,34)(H,30,32). The zero-order valence-corrected chi connectivity index (χ0v) is 21.6. The number of rotatable bonds is 7. The molecule has 0 aromatic heterocycles. The average Bonchev–Trinajstić information content (AvgIpc) is 2.75. The van der Waals surface area contributed by atoms with Gasteiger partial charge in [-0.2, -0.15) is 5.26 Å². The molecule has 2 atom stereocenters. The van der Waals surface area contributed by atoms with Crippen molar-refractivity contribution in [3.63, 3.8) is 0 Å². The van der Waals surface area contributed by atoms with Crippen molar-refractivity contribution in [3.05, 3.63) is 64.2 Å². The number of hydrogen-bond donors (Lipinski definition) is 2. The molecule has 0 radical (unpaired) electrons. The highest BCUT2D eigenvalue weighted by Crippen LogP contribution is 2.30. The van der Waals surface area contributed by atoms with E-state index in [1.54, 1.807) is 58.0 Å². The van der Waals surface area contributed by atoms with Crippen LogP contribution in [0.4, 0.5) is 10.5 Å². The molecule has 2 aromatic rings. The molecule has 35 heavy (non-hydrogen) atoms. The number of halogens is 1. The molecule has 8 nitrogen and oxygen atoms in total. The van der Waals surface area contributed by atoms with Gasteiger partial charge < -0.3 is 20.3 Å². The van der Waals surface area contributed by atoms with Gasteiger partial charge in [0.05, 0.1) is 16.8 Å². The Kier molecular flexibility index (Phi) is 9.26. The van der Waals surface area contributed by atoms with E-state index >= 15 is 0 Å². The largest absolute Gasteiger partial charge is 0.444 e. The molecule has 0 saturated heterocycles. The number of amides is 3. The van der Waals surface area contributed by atoms with Crippen molar-refractivity contribution >= 4 is 35.2 Å². The van der Waals surface area contributed by atoms with E-state index in [1.807, 2.05) is 25.1 Å². The molecule has 2 N–H and O–H groups in total. The minimum atomic E-state index is -1.15. The van der Waals surface area contributed by atoms with Crippen LogP contribution in [0.25, 0.3) is 0 Å². The van der Waals surface area contributed by atoms with Crippen molar-refractivity contribution in [2.75, 3.05) is 11.9 Å². The Morgan fingerprint density at radius 1 is 1.09 bits per heavy atom. The summed E-state index contributed by atoms with van der Waals surface area (Å²) >= 11 is 6.31. The second kappa shape index (κ2) is 11.7. The first-order valence-corrected chi connectivity index (χ1v) is 11.5. The molecule has 0 saturated carbocycles. The van der Waals surface area contributed by atoms with Crippen LogP contribution in [0, 0.1) is 25.2 Å². The van der Waals surface area contributed by atoms with Crippen LogP contribution < -0.4 is 10.6 Å². The molecular weight excluding hydrogens is 468 g/mol. The Labute approximate surface area is 211 Å². The fourth-order valence-electron chi connectivity index (χ4n) is 3.49. The number of alkyl carbamates (subject to hydrolysis) is 1. The highest BCUT2D eigenvalue weighted by Gasteiger charge is 2.35. The molecule has 0 aliphatic heterocycles. The maximum atomic E-state index is 13.6. The third-order valence-corrected chi connectivity index (χ3v) is 5.46. The second-order valence-corrected chi connectivity index (χ2v) is 9.58. The number of ether oxygens (including phenoxy) is 1. The number of anilines is 1. The zero-order chi connectivity index (χ0) is 26.3. The van der Waals surface area contributed by atoms with Gasteiger partial charge in [0.1, 0.15) is 24.2 Å². The van der Waals surface area contributed by atoms with E-state index in [0.29, 0.717) is 16.3 Å². The number of para-hydroxylation sites is 1. The molecule has 9 heteroatoms. The third kappa shape index (κ3) is 7.46. The van der Waals surface area contributed by atoms with Crippen molar-refractivity contribution < 1.29 is 19.1 Å². The van der Waals surface area contributed by atoms with E-state index in [2.05, 4.69) is 10.6 Å². The number of carbonyl (C=O) groups is 3. The zero-order valence-electron chi connectivity index (χ0n) is 20.8. The summed E-state index contributed by atoms with van der Waals surface area (Å²) in [4.78, 5) is 40.5. The van der Waals surface area contributed by atoms with Crippen molar-refractivity contribution in [1.29, 1.82) is 5.26 Å². The minimum absolute atomic E-state index is 0.347. The Balaban J connectivity index is 2.46. The van der Waals surface area contributed by atoms with Gasteiger partial charge in [-0.05, 0) is 64.3 Å². The van der Waals surface area contributed by atoms with Crippen LogP contribution in [0.1, 0.15) is 50.4 Å². The average molecular weight is 499 g/mol. The van der Waals surface area contributed by atoms with Gasteiger partial charge in [0.2, 0.25) is 5.91 Å². The minimum Gasteiger partial charge on any atom is -0.444 e. The quantitative estimate of drug-likeness (QED) is 0.527. The van der Waals surface area contributed by atoms with Crippen LogP contribution in [0.5, 0.6) is 0 Å². The second-order valence-electron chi connectivity index (χ2n) is 9.17. The maximum Gasteiger partial charge on any atom is 0.408 e. The van der Waals surface area contributed by atoms with Crippen molar-refractivity contribution in [2.24, 2.45) is 0 Å². The molecule has 2 aromatic carbocycles. The molecule has 0 aliphatic carbocycles. The summed E-state index contributed by atoms with van der Waals surface area (Å²) < 4.78 is 5.24. The maximum absolute atomic E-state index is 13.6. The topological polar surface area (TPSA) is 112 Å². The van der Waals surface area contributed by atoms with Gasteiger partial charge in [0.15, 0.2) is 0 Å². The number of nitrogens with one attached hydrogen (secondary N) is 2. The summed E-state index contributed by atoms with van der Waals surface area (Å²) in [6.45, 7) is 9.82. The number of carbonyl (C=O) groups excluding carboxylic acids is 3. The van der Waals surface area contributed by atoms with Gasteiger partial charge >= 0.3 is 6.09 Å². The molecule has 2 unspecified atom stereocenters. The third-order valence-electron chi connectivity index (χ3n) is 5.14. The smallest absolute Gasteiger partial charge is 0.408 e. The van der Waals surface area contributed by atoms with Crippen molar-refractivity contribution in [2.45, 2.75) is 59.2 Å². The Morgan fingerprint density at radius 2 is 1.71 bits per heavy atom. The van der Waals surface area contributed by atoms with Crippen LogP contribution in [0.15, 0.2) is 42.5 Å². The van der Waals surface area contributed by atoms with Gasteiger partial charge in [-0.1, -0.05) is 48.0 Å². The summed E-state index contributed by atoms with van der Waals surface area (Å²) in [5.41, 5.74) is 1.71. The molecule has 2 rings (SSSR count). The van der Waals surface area contributed by atoms with Crippen molar-refractivity contribution in [1.82, 2.24) is 10.2 Å². The molecular formula is C26H31ClN4O4. The van der Waals surface area contributed by atoms with Crippen LogP contribution in [-0.2, 0) is 14.3 Å². The van der Waals surface area contributed by atoms with Crippen molar-refractivity contribution in [3.8, 4) is 6.07 Å². The molecule has 186 valence electrons. The SMILES string of the molecule is Cc1ccccc1C(C(=O)Nc1c(C)cccc1Cl)N(CC#N)C(=O)C(C)NC(=O)OC(C)(C)C. The van der Waals surface area contributed by atoms with E-state index < -0.39 is 35.6 Å². The number of benzene rings is 2. The van der Waals surface area contributed by atoms with E-state index in [-0.39, 0.29) is 6.54 Å². The van der Waals surface area contributed by atoms with Gasteiger partial charge in [0.25, 0.3) is 5.91 Å². The first-order chi connectivity index (χ1) is 16.4. The highest BCUT2D eigenvalue weighted by molar-refractivity contribution is 6.34. The van der Waals surface area contributed by atoms with Crippen LogP contribution in [0.2, 0.25) is 5.02 Å². The lowest BCUT2D eigenvalue weighted by atomic mass is 9.98. The summed E-state index contributed by atoms with van der Waals surface area (Å²) in [5.74, 6) is -1.15. The van der Waals surface area contributed by atoms with Crippen LogP contribution in [0.3, 0.4) is 0 Å². The molecule has 0 spiro atoms. The van der Waals surface area contributed by atoms with Crippen LogP contribution in [-0.4, -0.2) is 41.0 Å². The Hall–Kier alpha value is -3.57. The van der Waals surface area contributed by atoms with Gasteiger partial charge in [0, 0.05) is 0 Å². The molecule has 3 amide bonds. The first kappa shape index (κ1) is 27.7. The number of hydrogen-bond acceptors (Lipinski definition) is 5. The fourth-order valence-corrected chi connectivity index (χ4v) is 3.76. The number of nitriles is 1. The number of aryl methyl sites for hydroxylation is 2. The summed E-state index contributed by atoms with van der Waals surface area (Å²) in [6, 6.07) is 12.1. The van der Waals surface area contributed by atoms with Gasteiger partial charge in [-0.25, -0.2) is 4.79 Å². The Bertz CT molecular complexity index is 1120. The molecule has 0 heterocycles. The summed E-state index contributed by atoms with van der Waals surface area (Å²) in [6.07, 6.45) is -0.779. The van der Waals surface area contributed by atoms with Crippen LogP contribution >= 0.6 is 11.6 Å². The predicted molar refractivity (Wildman–Crippen MR) is 135 cm³/mol. The lowest BCUT2D eigenvalue weighted by Crippen LogP contribution is -2.51. The van der Waals surface area contributed by atoms with Gasteiger partial charge in [-0.15, -0.1) is 0 Å². The lowest BCUT2D eigenvalue weighted by molar-refractivity contribution is -0.139. The predicted octanol–water partition coefficient (Wildman–Crippen LogP) is 4.90. The van der Waals surface area contributed by atoms with E-state index in [4.69, 9.17) is 16.3 Å². The normalized spacial score (nSPS) is 12.6. The van der Waals surface area contributed by atoms with E-state index in [1.165, 1.54) is 6.92 Å². The highest BCUT2D eigenvalue weighted by atomic mass is 35.5. The first-order valence-electron chi connectivity index (χ1n) is 11.1. The van der Waals surface area contributed by atoms with Gasteiger partial charge in [-0.3, -0.25) is 9.59 Å². The summed E-state index contributed by atoms with van der Waals surface area (Å²) in [7, 11) is 0. The molecule has 0 aliphatic rings. The fraction of sp³-hybridized carbons (Fsp3) is 0.385. The lowest BCUT2D eigenvalue weighted by Gasteiger charge is -2.32. The van der Waals surface area contributed by atoms with E-state index in [9.17, 15) is 19.6 Å².